The van der Waals surface area contributed by atoms with Crippen molar-refractivity contribution < 1.29 is 17.6 Å². The zero-order chi connectivity index (χ0) is 19.9. The molecule has 2 fully saturated rings. The highest BCUT2D eigenvalue weighted by atomic mass is 32.2. The second-order valence-electron chi connectivity index (χ2n) is 7.78. The Kier molecular flexibility index (Phi) is 5.05. The molecule has 2 saturated heterocycles. The minimum Gasteiger partial charge on any atom is -0.408 e. The van der Waals surface area contributed by atoms with Gasteiger partial charge in [0.25, 0.3) is 0 Å². The van der Waals surface area contributed by atoms with Gasteiger partial charge in [0.2, 0.25) is 15.9 Å². The minimum absolute atomic E-state index is 0.100. The van der Waals surface area contributed by atoms with E-state index in [1.807, 2.05) is 0 Å². The molecule has 0 spiro atoms. The maximum atomic E-state index is 12.7. The van der Waals surface area contributed by atoms with Crippen molar-refractivity contribution in [2.75, 3.05) is 26.2 Å². The first-order valence-corrected chi connectivity index (χ1v) is 11.2. The maximum Gasteiger partial charge on any atom is 0.420 e. The van der Waals surface area contributed by atoms with Gasteiger partial charge in [-0.15, -0.1) is 0 Å². The Morgan fingerprint density at radius 2 is 1.93 bits per heavy atom. The largest absolute Gasteiger partial charge is 0.420 e. The molecule has 0 saturated carbocycles. The Morgan fingerprint density at radius 3 is 2.64 bits per heavy atom. The number of sulfonamides is 1. The summed E-state index contributed by atoms with van der Waals surface area (Å²) in [5.74, 6) is -0.317. The first kappa shape index (κ1) is 19.2. The van der Waals surface area contributed by atoms with Crippen molar-refractivity contribution in [1.82, 2.24) is 13.8 Å². The van der Waals surface area contributed by atoms with Gasteiger partial charge in [-0.1, -0.05) is 6.92 Å². The second-order valence-corrected chi connectivity index (χ2v) is 9.72. The van der Waals surface area contributed by atoms with Gasteiger partial charge in [0.05, 0.1) is 10.4 Å². The number of hydrogen-bond donors (Lipinski definition) is 0. The van der Waals surface area contributed by atoms with E-state index in [0.29, 0.717) is 37.6 Å². The molecule has 152 valence electrons. The fourth-order valence-corrected chi connectivity index (χ4v) is 5.62. The Morgan fingerprint density at radius 1 is 1.18 bits per heavy atom. The van der Waals surface area contributed by atoms with Crippen molar-refractivity contribution in [3.05, 3.63) is 28.7 Å². The summed E-state index contributed by atoms with van der Waals surface area (Å²) in [6, 6.07) is 4.42. The smallest absolute Gasteiger partial charge is 0.408 e. The molecule has 0 N–H and O–H groups in total. The molecule has 1 aromatic heterocycles. The van der Waals surface area contributed by atoms with Crippen LogP contribution in [0.1, 0.15) is 32.6 Å². The van der Waals surface area contributed by atoms with Gasteiger partial charge in [-0.2, -0.15) is 4.31 Å². The van der Waals surface area contributed by atoms with E-state index >= 15 is 0 Å². The Labute approximate surface area is 163 Å². The lowest BCUT2D eigenvalue weighted by Crippen LogP contribution is -2.41. The molecule has 1 atom stereocenters. The maximum absolute atomic E-state index is 12.7. The van der Waals surface area contributed by atoms with Crippen molar-refractivity contribution in [2.45, 2.75) is 44.0 Å². The molecular formula is C19H25N3O5S. The zero-order valence-corrected chi connectivity index (χ0v) is 16.8. The number of nitrogens with zero attached hydrogens (tertiary/aromatic N) is 3. The minimum atomic E-state index is -3.59. The fraction of sp³-hybridized carbons (Fsp3) is 0.579. The zero-order valence-electron chi connectivity index (χ0n) is 16.0. The molecule has 3 heterocycles. The number of oxazole rings is 1. The van der Waals surface area contributed by atoms with E-state index in [0.717, 1.165) is 25.7 Å². The average molecular weight is 407 g/mol. The summed E-state index contributed by atoms with van der Waals surface area (Å²) in [6.45, 7) is 4.42. The summed E-state index contributed by atoms with van der Waals surface area (Å²) in [6.07, 6.45) is 3.77. The highest BCUT2D eigenvalue weighted by Crippen LogP contribution is 2.24. The van der Waals surface area contributed by atoms with Gasteiger partial charge < -0.3 is 9.32 Å². The lowest BCUT2D eigenvalue weighted by atomic mass is 10.0. The van der Waals surface area contributed by atoms with Crippen LogP contribution in [0.4, 0.5) is 0 Å². The van der Waals surface area contributed by atoms with Gasteiger partial charge >= 0.3 is 5.76 Å². The van der Waals surface area contributed by atoms with Crippen LogP contribution in [0, 0.1) is 5.92 Å². The monoisotopic (exact) mass is 407 g/mol. The Hall–Kier alpha value is -2.13. The second kappa shape index (κ2) is 7.36. The van der Waals surface area contributed by atoms with E-state index in [9.17, 15) is 18.0 Å². The molecular weight excluding hydrogens is 382 g/mol. The Balaban J connectivity index is 1.61. The van der Waals surface area contributed by atoms with Crippen molar-refractivity contribution >= 4 is 27.0 Å². The third-order valence-electron chi connectivity index (χ3n) is 5.65. The van der Waals surface area contributed by atoms with Crippen LogP contribution in [0.5, 0.6) is 0 Å². The van der Waals surface area contributed by atoms with Crippen LogP contribution in [0.3, 0.4) is 0 Å². The van der Waals surface area contributed by atoms with Crippen LogP contribution in [-0.2, 0) is 21.4 Å². The first-order valence-electron chi connectivity index (χ1n) is 9.77. The predicted octanol–water partition coefficient (Wildman–Crippen LogP) is 1.64. The van der Waals surface area contributed by atoms with Crippen LogP contribution < -0.4 is 5.76 Å². The molecule has 0 aliphatic carbocycles. The summed E-state index contributed by atoms with van der Waals surface area (Å²) >= 11 is 0. The summed E-state index contributed by atoms with van der Waals surface area (Å²) in [5, 5.41) is 0. The van der Waals surface area contributed by atoms with Crippen LogP contribution in [0.2, 0.25) is 0 Å². The molecule has 2 aromatic rings. The first-order chi connectivity index (χ1) is 13.4. The number of hydrogen-bond acceptors (Lipinski definition) is 5. The van der Waals surface area contributed by atoms with Crippen molar-refractivity contribution in [3.8, 4) is 0 Å². The highest BCUT2D eigenvalue weighted by molar-refractivity contribution is 7.89. The average Bonchev–Trinajstić information content (AvgIpc) is 3.30. The van der Waals surface area contributed by atoms with Crippen LogP contribution in [-0.4, -0.2) is 54.3 Å². The SMILES string of the molecule is CC1CCCN(C(=O)Cn2c(=O)oc3cc(S(=O)(=O)N4CCCC4)ccc32)C1. The number of carbonyl (C=O) groups excluding carboxylic acids is 1. The third-order valence-corrected chi connectivity index (χ3v) is 7.54. The molecule has 2 aliphatic heterocycles. The molecule has 1 amide bonds. The summed E-state index contributed by atoms with van der Waals surface area (Å²) in [7, 11) is -3.59. The Bertz CT molecular complexity index is 1050. The van der Waals surface area contributed by atoms with Gasteiger partial charge in [0.15, 0.2) is 5.58 Å². The van der Waals surface area contributed by atoms with Gasteiger partial charge in [0.1, 0.15) is 6.54 Å². The lowest BCUT2D eigenvalue weighted by Gasteiger charge is -2.30. The molecule has 1 unspecified atom stereocenters. The molecule has 0 bridgehead atoms. The third kappa shape index (κ3) is 3.48. The quantitative estimate of drug-likeness (QED) is 0.768. The van der Waals surface area contributed by atoms with Gasteiger partial charge in [-0.25, -0.2) is 13.2 Å². The van der Waals surface area contributed by atoms with E-state index in [1.165, 1.54) is 21.0 Å². The number of likely N-dealkylation sites (tertiary alicyclic amines) is 1. The van der Waals surface area contributed by atoms with Gasteiger partial charge in [-0.05, 0) is 43.7 Å². The van der Waals surface area contributed by atoms with Crippen molar-refractivity contribution in [2.24, 2.45) is 5.92 Å². The summed E-state index contributed by atoms with van der Waals surface area (Å²) < 4.78 is 33.4. The molecule has 1 aromatic carbocycles. The normalized spacial score (nSPS) is 21.5. The molecule has 28 heavy (non-hydrogen) atoms. The lowest BCUT2D eigenvalue weighted by molar-refractivity contribution is -0.133. The van der Waals surface area contributed by atoms with Crippen molar-refractivity contribution in [3.63, 3.8) is 0 Å². The number of carbonyl (C=O) groups is 1. The van der Waals surface area contributed by atoms with Gasteiger partial charge in [0, 0.05) is 32.2 Å². The standard InChI is InChI=1S/C19H25N3O5S/c1-14-5-4-8-20(12-14)18(23)13-22-16-7-6-15(11-17(16)27-19(22)24)28(25,26)21-9-2-3-10-21/h6-7,11,14H,2-5,8-10,12-13H2,1H3. The van der Waals surface area contributed by atoms with Crippen LogP contribution in [0.25, 0.3) is 11.1 Å². The molecule has 0 radical (unpaired) electrons. The van der Waals surface area contributed by atoms with E-state index < -0.39 is 15.8 Å². The number of amides is 1. The topological polar surface area (TPSA) is 92.8 Å². The van der Waals surface area contributed by atoms with E-state index in [4.69, 9.17) is 4.42 Å². The summed E-state index contributed by atoms with van der Waals surface area (Å²) in [4.78, 5) is 26.8. The predicted molar refractivity (Wildman–Crippen MR) is 103 cm³/mol. The number of aromatic nitrogens is 1. The fourth-order valence-electron chi connectivity index (χ4n) is 4.09. The number of piperidine rings is 1. The van der Waals surface area contributed by atoms with Crippen LogP contribution >= 0.6 is 0 Å². The molecule has 9 heteroatoms. The number of fused-ring (bicyclic) bond motifs is 1. The number of rotatable bonds is 4. The molecule has 8 nitrogen and oxygen atoms in total. The summed E-state index contributed by atoms with van der Waals surface area (Å²) in [5.41, 5.74) is 0.619. The number of benzene rings is 1. The van der Waals surface area contributed by atoms with Gasteiger partial charge in [-0.3, -0.25) is 9.36 Å². The molecule has 4 rings (SSSR count). The van der Waals surface area contributed by atoms with E-state index in [-0.39, 0.29) is 22.9 Å². The van der Waals surface area contributed by atoms with E-state index in [1.54, 1.807) is 11.0 Å². The van der Waals surface area contributed by atoms with Crippen molar-refractivity contribution in [1.29, 1.82) is 0 Å². The molecule has 2 aliphatic rings. The van der Waals surface area contributed by atoms with Crippen LogP contribution in [0.15, 0.2) is 32.3 Å². The van der Waals surface area contributed by atoms with E-state index in [2.05, 4.69) is 6.92 Å². The highest BCUT2D eigenvalue weighted by Gasteiger charge is 2.28.